The van der Waals surface area contributed by atoms with Crippen LogP contribution in [-0.4, -0.2) is 16.9 Å². The van der Waals surface area contributed by atoms with E-state index in [0.29, 0.717) is 16.7 Å². The van der Waals surface area contributed by atoms with Crippen molar-refractivity contribution < 1.29 is 14.2 Å². The predicted octanol–water partition coefficient (Wildman–Crippen LogP) is 2.46. The molecule has 0 unspecified atom stereocenters. The van der Waals surface area contributed by atoms with E-state index in [1.54, 1.807) is 18.2 Å². The zero-order chi connectivity index (χ0) is 15.3. The summed E-state index contributed by atoms with van der Waals surface area (Å²) in [6, 6.07) is 14.2. The molecule has 3 aromatic rings. The van der Waals surface area contributed by atoms with Crippen molar-refractivity contribution in [2.45, 2.75) is 6.92 Å². The van der Waals surface area contributed by atoms with Gasteiger partial charge in [-0.2, -0.15) is 4.79 Å². The van der Waals surface area contributed by atoms with Crippen molar-refractivity contribution >= 4 is 28.7 Å². The van der Waals surface area contributed by atoms with Crippen LogP contribution in [0, 0.1) is 6.92 Å². The van der Waals surface area contributed by atoms with Gasteiger partial charge in [0.2, 0.25) is 5.69 Å². The highest BCUT2D eigenvalue weighted by molar-refractivity contribution is 6.21. The Morgan fingerprint density at radius 1 is 1.00 bits per heavy atom. The van der Waals surface area contributed by atoms with Gasteiger partial charge in [0, 0.05) is 0 Å². The Morgan fingerprint density at radius 3 is 2.50 bits per heavy atom. The molecular formula is C17H12N3O2+. The van der Waals surface area contributed by atoms with Gasteiger partial charge in [-0.05, 0) is 31.2 Å². The van der Waals surface area contributed by atoms with E-state index in [4.69, 9.17) is 0 Å². The van der Waals surface area contributed by atoms with Crippen LogP contribution in [0.15, 0.2) is 54.7 Å². The van der Waals surface area contributed by atoms with Crippen molar-refractivity contribution in [2.75, 3.05) is 4.90 Å². The smallest absolute Gasteiger partial charge is 0.248 e. The number of imide groups is 1. The monoisotopic (exact) mass is 290 g/mol. The van der Waals surface area contributed by atoms with Crippen LogP contribution in [0.1, 0.15) is 16.1 Å². The van der Waals surface area contributed by atoms with Gasteiger partial charge in [-0.1, -0.05) is 29.8 Å². The zero-order valence-corrected chi connectivity index (χ0v) is 11.9. The fourth-order valence-electron chi connectivity index (χ4n) is 2.66. The van der Waals surface area contributed by atoms with Crippen molar-refractivity contribution in [3.8, 4) is 0 Å². The zero-order valence-electron chi connectivity index (χ0n) is 11.9. The minimum Gasteiger partial charge on any atom is -0.248 e. The normalized spacial score (nSPS) is 13.8. The van der Waals surface area contributed by atoms with Crippen LogP contribution >= 0.6 is 0 Å². The summed E-state index contributed by atoms with van der Waals surface area (Å²) >= 11 is 0. The third kappa shape index (κ3) is 1.65. The summed E-state index contributed by atoms with van der Waals surface area (Å²) in [6.45, 7) is 1.96. The number of aromatic nitrogens is 2. The van der Waals surface area contributed by atoms with E-state index < -0.39 is 0 Å². The molecule has 0 aliphatic carbocycles. The van der Waals surface area contributed by atoms with Crippen molar-refractivity contribution in [1.29, 1.82) is 0 Å². The van der Waals surface area contributed by atoms with Gasteiger partial charge in [-0.25, -0.2) is 9.78 Å². The fourth-order valence-corrected chi connectivity index (χ4v) is 2.66. The molecule has 2 amide bonds. The lowest BCUT2D eigenvalue weighted by molar-refractivity contribution is -0.537. The molecule has 0 bridgehead atoms. The number of hydrogen-bond acceptors (Lipinski definition) is 3. The number of hydrogen-bond donors (Lipinski definition) is 0. The molecule has 0 atom stereocenters. The summed E-state index contributed by atoms with van der Waals surface area (Å²) in [7, 11) is 0. The first kappa shape index (κ1) is 12.6. The number of nitrogens with zero attached hydrogens (tertiary/aromatic N) is 3. The molecule has 4 rings (SSSR count). The van der Waals surface area contributed by atoms with Gasteiger partial charge in [0.25, 0.3) is 0 Å². The lowest BCUT2D eigenvalue weighted by Crippen LogP contribution is -2.46. The Bertz CT molecular complexity index is 932. The molecule has 0 saturated carbocycles. The van der Waals surface area contributed by atoms with Crippen molar-refractivity contribution in [2.24, 2.45) is 0 Å². The number of para-hydroxylation sites is 2. The van der Waals surface area contributed by atoms with E-state index in [0.717, 1.165) is 5.56 Å². The Hall–Kier alpha value is -3.08. The Labute approximate surface area is 126 Å². The van der Waals surface area contributed by atoms with E-state index in [-0.39, 0.29) is 17.6 Å². The highest BCUT2D eigenvalue weighted by Crippen LogP contribution is 2.22. The second kappa shape index (κ2) is 4.46. The third-order valence-corrected chi connectivity index (χ3v) is 3.79. The molecule has 0 fully saturated rings. The van der Waals surface area contributed by atoms with Gasteiger partial charge < -0.3 is 0 Å². The highest BCUT2D eigenvalue weighted by atomic mass is 16.2. The van der Waals surface area contributed by atoms with Gasteiger partial charge in [-0.15, -0.1) is 9.47 Å². The van der Waals surface area contributed by atoms with Crippen LogP contribution in [0.4, 0.5) is 10.5 Å². The number of aryl methyl sites for hydroxylation is 1. The van der Waals surface area contributed by atoms with E-state index >= 15 is 0 Å². The lowest BCUT2D eigenvalue weighted by Gasteiger charge is -2.04. The van der Waals surface area contributed by atoms with Crippen molar-refractivity contribution in [1.82, 2.24) is 4.98 Å². The Morgan fingerprint density at radius 2 is 1.73 bits per heavy atom. The average Bonchev–Trinajstić information content (AvgIpc) is 2.80. The molecule has 0 radical (unpaired) electrons. The van der Waals surface area contributed by atoms with E-state index in [2.05, 4.69) is 4.98 Å². The third-order valence-electron chi connectivity index (χ3n) is 3.79. The molecule has 5 heteroatoms. The fraction of sp³-hybridized carbons (Fsp3) is 0.0588. The summed E-state index contributed by atoms with van der Waals surface area (Å²) in [5.74, 6) is -0.355. The van der Waals surface area contributed by atoms with Crippen LogP contribution in [-0.2, 0) is 0 Å². The minimum atomic E-state index is -0.373. The maximum atomic E-state index is 12.7. The minimum absolute atomic E-state index is 0.282. The SMILES string of the molecule is Cc1ccc(N2C(=O)c3cnc4ccccc4[n+]3C2=O)cc1. The molecular weight excluding hydrogens is 278 g/mol. The van der Waals surface area contributed by atoms with Gasteiger partial charge in [0.1, 0.15) is 11.2 Å². The second-order valence-electron chi connectivity index (χ2n) is 5.23. The summed E-state index contributed by atoms with van der Waals surface area (Å²) in [6.07, 6.45) is 1.46. The van der Waals surface area contributed by atoms with Crippen LogP contribution in [0.2, 0.25) is 0 Å². The first-order chi connectivity index (χ1) is 10.7. The largest absolute Gasteiger partial charge is 0.512 e. The standard InChI is InChI=1S/C17H12N3O2/c1-11-6-8-12(9-7-11)19-16(21)15-10-18-13-4-2-3-5-14(13)20(15)17(19)22/h2-10H,1H3/q+1. The first-order valence-corrected chi connectivity index (χ1v) is 6.92. The van der Waals surface area contributed by atoms with Crippen molar-refractivity contribution in [3.05, 3.63) is 66.0 Å². The number of fused-ring (bicyclic) bond motifs is 3. The maximum Gasteiger partial charge on any atom is 0.512 e. The summed E-state index contributed by atoms with van der Waals surface area (Å²) in [5, 5.41) is 0. The topological polar surface area (TPSA) is 54.2 Å². The Balaban J connectivity index is 1.93. The molecule has 0 spiro atoms. The number of amides is 2. The van der Waals surface area contributed by atoms with E-state index in [9.17, 15) is 9.59 Å². The van der Waals surface area contributed by atoms with E-state index in [1.165, 1.54) is 15.7 Å². The van der Waals surface area contributed by atoms with Crippen LogP contribution in [0.3, 0.4) is 0 Å². The molecule has 1 aromatic heterocycles. The summed E-state index contributed by atoms with van der Waals surface area (Å²) in [4.78, 5) is 30.8. The van der Waals surface area contributed by atoms with Crippen LogP contribution < -0.4 is 9.47 Å². The molecule has 22 heavy (non-hydrogen) atoms. The molecule has 5 nitrogen and oxygen atoms in total. The molecule has 1 aliphatic heterocycles. The maximum absolute atomic E-state index is 12.7. The molecule has 2 aromatic carbocycles. The van der Waals surface area contributed by atoms with Crippen LogP contribution in [0.25, 0.3) is 11.0 Å². The van der Waals surface area contributed by atoms with Crippen LogP contribution in [0.5, 0.6) is 0 Å². The van der Waals surface area contributed by atoms with Gasteiger partial charge in [0.15, 0.2) is 5.52 Å². The average molecular weight is 290 g/mol. The lowest BCUT2D eigenvalue weighted by atomic mass is 10.2. The number of rotatable bonds is 1. The molecule has 2 heterocycles. The molecule has 1 aliphatic rings. The second-order valence-corrected chi connectivity index (χ2v) is 5.23. The summed E-state index contributed by atoms with van der Waals surface area (Å²) in [5.41, 5.74) is 3.23. The number of carbonyl (C=O) groups is 2. The quantitative estimate of drug-likeness (QED) is 0.647. The van der Waals surface area contributed by atoms with Gasteiger partial charge >= 0.3 is 11.9 Å². The molecule has 0 N–H and O–H groups in total. The highest BCUT2D eigenvalue weighted by Gasteiger charge is 2.48. The van der Waals surface area contributed by atoms with Crippen molar-refractivity contribution in [3.63, 3.8) is 0 Å². The number of anilines is 1. The first-order valence-electron chi connectivity index (χ1n) is 6.92. The Kier molecular flexibility index (Phi) is 2.56. The van der Waals surface area contributed by atoms with Gasteiger partial charge in [0.05, 0.1) is 6.20 Å². The molecule has 106 valence electrons. The molecule has 0 saturated heterocycles. The summed E-state index contributed by atoms with van der Waals surface area (Å²) < 4.78 is 1.42. The van der Waals surface area contributed by atoms with Gasteiger partial charge in [-0.3, -0.25) is 0 Å². The number of benzene rings is 2. The van der Waals surface area contributed by atoms with E-state index in [1.807, 2.05) is 37.3 Å². The number of carbonyl (C=O) groups excluding carboxylic acids is 2. The predicted molar refractivity (Wildman–Crippen MR) is 80.7 cm³/mol.